The number of aryl methyl sites for hydroxylation is 1. The molecule has 7 nitrogen and oxygen atoms in total. The summed E-state index contributed by atoms with van der Waals surface area (Å²) >= 11 is 3.34. The quantitative estimate of drug-likeness (QED) is 0.643. The van der Waals surface area contributed by atoms with Gasteiger partial charge in [0.25, 0.3) is 11.8 Å². The van der Waals surface area contributed by atoms with Crippen molar-refractivity contribution in [2.45, 2.75) is 20.0 Å². The van der Waals surface area contributed by atoms with Crippen LogP contribution in [0.2, 0.25) is 0 Å². The molecule has 0 atom stereocenters. The van der Waals surface area contributed by atoms with Crippen LogP contribution in [0.5, 0.6) is 0 Å². The first-order valence-corrected chi connectivity index (χ1v) is 8.81. The van der Waals surface area contributed by atoms with Crippen LogP contribution in [0.1, 0.15) is 33.5 Å². The first kappa shape index (κ1) is 17.9. The van der Waals surface area contributed by atoms with Crippen LogP contribution in [0, 0.1) is 0 Å². The van der Waals surface area contributed by atoms with Gasteiger partial charge in [-0.15, -0.1) is 0 Å². The summed E-state index contributed by atoms with van der Waals surface area (Å²) in [6, 6.07) is 10.5. The zero-order valence-corrected chi connectivity index (χ0v) is 15.6. The van der Waals surface area contributed by atoms with E-state index in [9.17, 15) is 9.59 Å². The van der Waals surface area contributed by atoms with E-state index >= 15 is 0 Å². The molecule has 134 valence electrons. The van der Waals surface area contributed by atoms with E-state index in [1.807, 2.05) is 13.0 Å². The lowest BCUT2D eigenvalue weighted by Gasteiger charge is -2.06. The number of hydrogen-bond donors (Lipinski definition) is 2. The van der Waals surface area contributed by atoms with Crippen molar-refractivity contribution in [1.29, 1.82) is 0 Å². The number of furan rings is 1. The predicted octanol–water partition coefficient (Wildman–Crippen LogP) is 3.44. The molecule has 0 bridgehead atoms. The Morgan fingerprint density at radius 3 is 2.77 bits per heavy atom. The van der Waals surface area contributed by atoms with Gasteiger partial charge < -0.3 is 15.1 Å². The summed E-state index contributed by atoms with van der Waals surface area (Å²) in [4.78, 5) is 24.9. The third-order valence-corrected chi connectivity index (χ3v) is 4.13. The Hall–Kier alpha value is -2.87. The Kier molecular flexibility index (Phi) is 5.52. The van der Waals surface area contributed by atoms with Crippen LogP contribution in [0.4, 0.5) is 5.69 Å². The van der Waals surface area contributed by atoms with Gasteiger partial charge in [-0.05, 0) is 37.3 Å². The number of aromatic nitrogens is 2. The molecule has 0 spiro atoms. The van der Waals surface area contributed by atoms with Gasteiger partial charge in [0.1, 0.15) is 5.76 Å². The molecule has 3 rings (SSSR count). The van der Waals surface area contributed by atoms with Gasteiger partial charge in [-0.1, -0.05) is 22.0 Å². The molecule has 8 heteroatoms. The third-order valence-electron chi connectivity index (χ3n) is 3.64. The normalized spacial score (nSPS) is 10.5. The van der Waals surface area contributed by atoms with E-state index in [0.717, 1.165) is 4.47 Å². The van der Waals surface area contributed by atoms with E-state index in [4.69, 9.17) is 4.42 Å². The number of halogens is 1. The van der Waals surface area contributed by atoms with Gasteiger partial charge in [0.15, 0.2) is 5.69 Å². The molecule has 0 aliphatic heterocycles. The van der Waals surface area contributed by atoms with E-state index in [1.54, 1.807) is 41.2 Å². The summed E-state index contributed by atoms with van der Waals surface area (Å²) < 4.78 is 7.59. The minimum absolute atomic E-state index is 0.154. The van der Waals surface area contributed by atoms with Crippen molar-refractivity contribution in [2.75, 3.05) is 5.32 Å². The molecule has 0 saturated carbocycles. The third kappa shape index (κ3) is 4.20. The van der Waals surface area contributed by atoms with Gasteiger partial charge in [0.2, 0.25) is 0 Å². The zero-order valence-electron chi connectivity index (χ0n) is 14.0. The molecule has 1 aromatic carbocycles. The van der Waals surface area contributed by atoms with Gasteiger partial charge >= 0.3 is 0 Å². The van der Waals surface area contributed by atoms with E-state index in [1.165, 1.54) is 6.26 Å². The Bertz CT molecular complexity index is 918. The molecule has 0 aliphatic carbocycles. The second-order valence-corrected chi connectivity index (χ2v) is 6.39. The molecule has 3 aromatic rings. The van der Waals surface area contributed by atoms with Crippen molar-refractivity contribution in [3.05, 3.63) is 70.3 Å². The molecule has 0 aliphatic rings. The summed E-state index contributed by atoms with van der Waals surface area (Å²) in [6.07, 6.45) is 3.18. The average molecular weight is 417 g/mol. The number of anilines is 1. The smallest absolute Gasteiger partial charge is 0.274 e. The van der Waals surface area contributed by atoms with E-state index in [0.29, 0.717) is 23.6 Å². The molecule has 0 saturated heterocycles. The number of rotatable bonds is 6. The molecule has 2 N–H and O–H groups in total. The van der Waals surface area contributed by atoms with Crippen molar-refractivity contribution in [1.82, 2.24) is 15.1 Å². The van der Waals surface area contributed by atoms with Gasteiger partial charge in [-0.2, -0.15) is 5.10 Å². The Morgan fingerprint density at radius 2 is 2.08 bits per heavy atom. The lowest BCUT2D eigenvalue weighted by molar-refractivity contribution is 0.0943. The Morgan fingerprint density at radius 1 is 1.23 bits per heavy atom. The lowest BCUT2D eigenvalue weighted by Crippen LogP contribution is -2.25. The van der Waals surface area contributed by atoms with Crippen molar-refractivity contribution in [3.8, 4) is 0 Å². The summed E-state index contributed by atoms with van der Waals surface area (Å²) in [5.41, 5.74) is 0.987. The Labute approximate surface area is 158 Å². The highest BCUT2D eigenvalue weighted by molar-refractivity contribution is 9.10. The fourth-order valence-corrected chi connectivity index (χ4v) is 2.73. The van der Waals surface area contributed by atoms with Crippen LogP contribution in [0.15, 0.2) is 57.7 Å². The highest BCUT2D eigenvalue weighted by Crippen LogP contribution is 2.17. The molecule has 26 heavy (non-hydrogen) atoms. The highest BCUT2D eigenvalue weighted by Gasteiger charge is 2.19. The maximum Gasteiger partial charge on any atom is 0.274 e. The van der Waals surface area contributed by atoms with Crippen molar-refractivity contribution < 1.29 is 14.0 Å². The van der Waals surface area contributed by atoms with Gasteiger partial charge in [0.05, 0.1) is 18.5 Å². The zero-order chi connectivity index (χ0) is 18.5. The largest absolute Gasteiger partial charge is 0.467 e. The van der Waals surface area contributed by atoms with Crippen molar-refractivity contribution in [2.24, 2.45) is 0 Å². The molecule has 0 unspecified atom stereocenters. The summed E-state index contributed by atoms with van der Waals surface area (Å²) in [5, 5.41) is 9.73. The first-order valence-electron chi connectivity index (χ1n) is 8.01. The van der Waals surface area contributed by atoms with Gasteiger partial charge in [0, 0.05) is 22.8 Å². The van der Waals surface area contributed by atoms with E-state index < -0.39 is 5.91 Å². The summed E-state index contributed by atoms with van der Waals surface area (Å²) in [5.74, 6) is -0.0758. The number of benzene rings is 1. The monoisotopic (exact) mass is 416 g/mol. The standard InChI is InChI=1S/C18H17BrN4O3/c1-2-23-11-15(21-17(24)12-5-3-6-13(19)9-12)16(22-23)18(25)20-10-14-7-4-8-26-14/h3-9,11H,2,10H2,1H3,(H,20,25)(H,21,24). The number of nitrogens with zero attached hydrogens (tertiary/aromatic N) is 2. The molecule has 0 fully saturated rings. The second-order valence-electron chi connectivity index (χ2n) is 5.47. The van der Waals surface area contributed by atoms with E-state index in [-0.39, 0.29) is 18.1 Å². The van der Waals surface area contributed by atoms with Gasteiger partial charge in [-0.3, -0.25) is 14.3 Å². The van der Waals surface area contributed by atoms with Crippen LogP contribution >= 0.6 is 15.9 Å². The summed E-state index contributed by atoms with van der Waals surface area (Å²) in [7, 11) is 0. The molecular weight excluding hydrogens is 400 g/mol. The van der Waals surface area contributed by atoms with Gasteiger partial charge in [-0.25, -0.2) is 0 Å². The number of nitrogens with one attached hydrogen (secondary N) is 2. The van der Waals surface area contributed by atoms with Crippen LogP contribution in [0.3, 0.4) is 0 Å². The number of carbonyl (C=O) groups is 2. The predicted molar refractivity (Wildman–Crippen MR) is 99.9 cm³/mol. The molecular formula is C18H17BrN4O3. The maximum atomic E-state index is 12.5. The molecule has 2 aromatic heterocycles. The first-order chi connectivity index (χ1) is 12.6. The van der Waals surface area contributed by atoms with E-state index in [2.05, 4.69) is 31.7 Å². The summed E-state index contributed by atoms with van der Waals surface area (Å²) in [6.45, 7) is 2.71. The van der Waals surface area contributed by atoms with Crippen molar-refractivity contribution >= 4 is 33.4 Å². The van der Waals surface area contributed by atoms with Crippen LogP contribution in [-0.2, 0) is 13.1 Å². The molecule has 2 amide bonds. The number of carbonyl (C=O) groups excluding carboxylic acids is 2. The van der Waals surface area contributed by atoms with Crippen molar-refractivity contribution in [3.63, 3.8) is 0 Å². The minimum atomic E-state index is -0.391. The fourth-order valence-electron chi connectivity index (χ4n) is 2.33. The topological polar surface area (TPSA) is 89.2 Å². The van der Waals surface area contributed by atoms with Crippen LogP contribution in [0.25, 0.3) is 0 Å². The number of hydrogen-bond acceptors (Lipinski definition) is 4. The minimum Gasteiger partial charge on any atom is -0.467 e. The highest BCUT2D eigenvalue weighted by atomic mass is 79.9. The van der Waals surface area contributed by atoms with Crippen LogP contribution < -0.4 is 10.6 Å². The number of amides is 2. The average Bonchev–Trinajstić information content (AvgIpc) is 3.29. The fraction of sp³-hybridized carbons (Fsp3) is 0.167. The Balaban J connectivity index is 1.77. The maximum absolute atomic E-state index is 12.5. The lowest BCUT2D eigenvalue weighted by atomic mass is 10.2. The SMILES string of the molecule is CCn1cc(NC(=O)c2cccc(Br)c2)c(C(=O)NCc2ccco2)n1. The molecule has 0 radical (unpaired) electrons. The molecule has 2 heterocycles. The van der Waals surface area contributed by atoms with Crippen LogP contribution in [-0.4, -0.2) is 21.6 Å². The second kappa shape index (κ2) is 8.01.